The van der Waals surface area contributed by atoms with E-state index < -0.39 is 16.7 Å². The van der Waals surface area contributed by atoms with Crippen LogP contribution in [0.2, 0.25) is 0 Å². The molecule has 4 aliphatic rings. The fraction of sp³-hybridized carbons (Fsp3) is 0.792. The van der Waals surface area contributed by atoms with Crippen molar-refractivity contribution in [2.75, 3.05) is 19.6 Å². The minimum Gasteiger partial charge on any atom is -0.369 e. The Morgan fingerprint density at radius 2 is 1.43 bits per heavy atom. The van der Waals surface area contributed by atoms with E-state index in [4.69, 9.17) is 11.5 Å². The molecule has 0 radical (unpaired) electrons. The molecule has 0 aromatic heterocycles. The van der Waals surface area contributed by atoms with Crippen molar-refractivity contribution in [3.05, 3.63) is 12.2 Å². The Bertz CT molecular complexity index is 753. The summed E-state index contributed by atoms with van der Waals surface area (Å²) in [5.41, 5.74) is 10.4. The number of carbonyl (C=O) groups excluding carboxylic acids is 3. The van der Waals surface area contributed by atoms with Gasteiger partial charge >= 0.3 is 0 Å². The van der Waals surface area contributed by atoms with Crippen molar-refractivity contribution in [1.82, 2.24) is 4.90 Å². The molecule has 4 N–H and O–H groups in total. The second-order valence-electron chi connectivity index (χ2n) is 10.3. The fourth-order valence-electron chi connectivity index (χ4n) is 7.54. The van der Waals surface area contributed by atoms with Gasteiger partial charge in [-0.15, -0.1) is 0 Å². The summed E-state index contributed by atoms with van der Waals surface area (Å²) >= 11 is 0. The van der Waals surface area contributed by atoms with Crippen LogP contribution in [0.1, 0.15) is 71.1 Å². The molecule has 166 valence electrons. The van der Waals surface area contributed by atoms with E-state index in [9.17, 15) is 14.4 Å². The van der Waals surface area contributed by atoms with Crippen LogP contribution in [0.3, 0.4) is 0 Å². The Morgan fingerprint density at radius 1 is 0.900 bits per heavy atom. The number of hydrogen-bond acceptors (Lipinski definition) is 4. The van der Waals surface area contributed by atoms with E-state index in [1.807, 2.05) is 0 Å². The van der Waals surface area contributed by atoms with Crippen molar-refractivity contribution in [2.24, 2.45) is 39.5 Å². The van der Waals surface area contributed by atoms with Gasteiger partial charge < -0.3 is 21.2 Å². The van der Waals surface area contributed by atoms with Crippen LogP contribution < -0.4 is 11.5 Å². The predicted octanol–water partition coefficient (Wildman–Crippen LogP) is 2.55. The molecule has 1 saturated heterocycles. The van der Waals surface area contributed by atoms with Crippen molar-refractivity contribution in [3.8, 4) is 0 Å². The molecule has 2 saturated carbocycles. The van der Waals surface area contributed by atoms with Crippen molar-refractivity contribution in [2.45, 2.75) is 71.1 Å². The number of likely N-dealkylation sites (tertiary alicyclic amines) is 1. The van der Waals surface area contributed by atoms with Crippen molar-refractivity contribution >= 4 is 17.6 Å². The van der Waals surface area contributed by atoms with E-state index in [1.165, 1.54) is 12.8 Å². The third-order valence-corrected chi connectivity index (χ3v) is 8.89. The van der Waals surface area contributed by atoms with Gasteiger partial charge in [-0.1, -0.05) is 18.6 Å². The average Bonchev–Trinajstić information content (AvgIpc) is 3.05. The molecule has 0 aromatic rings. The highest BCUT2D eigenvalue weighted by Crippen LogP contribution is 2.81. The molecule has 1 heterocycles. The number of nitrogens with zero attached hydrogens (tertiary/aromatic N) is 1. The van der Waals surface area contributed by atoms with Gasteiger partial charge in [-0.3, -0.25) is 9.59 Å². The van der Waals surface area contributed by atoms with E-state index >= 15 is 0 Å². The molecule has 2 bridgehead atoms. The molecule has 3 aliphatic carbocycles. The molecule has 4 rings (SSSR count). The van der Waals surface area contributed by atoms with Crippen LogP contribution in [0.5, 0.6) is 0 Å². The van der Waals surface area contributed by atoms with Crippen LogP contribution in [0, 0.1) is 28.1 Å². The lowest BCUT2D eigenvalue weighted by molar-refractivity contribution is -0.152. The Balaban J connectivity index is 1.62. The second-order valence-corrected chi connectivity index (χ2v) is 10.3. The van der Waals surface area contributed by atoms with Crippen LogP contribution >= 0.6 is 0 Å². The lowest BCUT2D eigenvalue weighted by Crippen LogP contribution is -2.59. The van der Waals surface area contributed by atoms with E-state index in [0.29, 0.717) is 25.7 Å². The van der Waals surface area contributed by atoms with E-state index in [0.717, 1.165) is 45.3 Å². The van der Waals surface area contributed by atoms with E-state index in [-0.39, 0.29) is 28.9 Å². The molecule has 3 fully saturated rings. The number of amides is 2. The first kappa shape index (κ1) is 21.5. The van der Waals surface area contributed by atoms with Gasteiger partial charge in [-0.25, -0.2) is 0 Å². The average molecular weight is 416 g/mol. The lowest BCUT2D eigenvalue weighted by Gasteiger charge is -2.48. The summed E-state index contributed by atoms with van der Waals surface area (Å²) in [5.74, 6) is -0.680. The highest BCUT2D eigenvalue weighted by molar-refractivity contribution is 5.95. The number of Topliss-reactive ketones (excluding diaryl/α,β-unsaturated/α-hetero) is 1. The molecular weight excluding hydrogens is 378 g/mol. The lowest BCUT2D eigenvalue weighted by atomic mass is 9.53. The first-order chi connectivity index (χ1) is 14.3. The first-order valence-corrected chi connectivity index (χ1v) is 11.8. The van der Waals surface area contributed by atoms with Gasteiger partial charge in [0.05, 0.1) is 10.8 Å². The van der Waals surface area contributed by atoms with Crippen molar-refractivity contribution in [1.29, 1.82) is 0 Å². The van der Waals surface area contributed by atoms with Crippen LogP contribution in [0.25, 0.3) is 0 Å². The maximum absolute atomic E-state index is 13.2. The number of unbranched alkanes of at least 4 members (excludes halogenated alkanes) is 1. The zero-order valence-corrected chi connectivity index (χ0v) is 18.3. The van der Waals surface area contributed by atoms with Crippen LogP contribution in [0.15, 0.2) is 12.2 Å². The number of rotatable bonds is 11. The van der Waals surface area contributed by atoms with Gasteiger partial charge in [0.1, 0.15) is 5.78 Å². The maximum atomic E-state index is 13.2. The Morgan fingerprint density at radius 3 is 1.90 bits per heavy atom. The minimum absolute atomic E-state index is 0.00381. The summed E-state index contributed by atoms with van der Waals surface area (Å²) in [7, 11) is 0. The van der Waals surface area contributed by atoms with Gasteiger partial charge in [0.15, 0.2) is 0 Å². The summed E-state index contributed by atoms with van der Waals surface area (Å²) in [6.45, 7) is 4.93. The molecule has 0 aromatic carbocycles. The molecule has 30 heavy (non-hydrogen) atoms. The third-order valence-electron chi connectivity index (χ3n) is 8.89. The molecule has 6 nitrogen and oxygen atoms in total. The summed E-state index contributed by atoms with van der Waals surface area (Å²) < 4.78 is 0. The first-order valence-electron chi connectivity index (χ1n) is 11.8. The number of ketones is 1. The smallest absolute Gasteiger partial charge is 0.225 e. The topological polar surface area (TPSA) is 106 Å². The zero-order valence-electron chi connectivity index (χ0n) is 18.3. The Kier molecular flexibility index (Phi) is 5.58. The minimum atomic E-state index is -0.960. The highest BCUT2D eigenvalue weighted by atomic mass is 16.2. The van der Waals surface area contributed by atoms with Crippen LogP contribution in [0.4, 0.5) is 0 Å². The number of primary amides is 2. The Hall–Kier alpha value is -1.69. The monoisotopic (exact) mass is 415 g/mol. The summed E-state index contributed by atoms with van der Waals surface area (Å²) in [6, 6.07) is 0. The molecule has 1 aliphatic heterocycles. The predicted molar refractivity (Wildman–Crippen MR) is 115 cm³/mol. The zero-order chi connectivity index (χ0) is 21.6. The normalized spacial score (nSPS) is 35.9. The van der Waals surface area contributed by atoms with Gasteiger partial charge in [-0.2, -0.15) is 0 Å². The summed E-state index contributed by atoms with van der Waals surface area (Å²) in [4.78, 5) is 40.4. The van der Waals surface area contributed by atoms with Crippen molar-refractivity contribution < 1.29 is 14.4 Å². The van der Waals surface area contributed by atoms with Crippen LogP contribution in [-0.2, 0) is 14.4 Å². The van der Waals surface area contributed by atoms with Crippen LogP contribution in [-0.4, -0.2) is 42.1 Å². The second kappa shape index (κ2) is 7.77. The van der Waals surface area contributed by atoms with Gasteiger partial charge in [-0.05, 0) is 95.2 Å². The number of hydrogen-bond donors (Lipinski definition) is 2. The fourth-order valence-corrected chi connectivity index (χ4v) is 7.54. The standard InChI is InChI=1S/C24H37N3O3/c1-17(28)7-6-11-24(21(26)30)19-9-8-18(22(19)12-13-22)23(24,20(25)29)10-2-3-14-27-15-4-5-16-27/h8-9,18-19H,2-7,10-16H2,1H3,(H2,25,29)(H2,26,30)/t18-,19+,23+,24+/m1/s1. The third kappa shape index (κ3) is 2.97. The Labute approximate surface area is 179 Å². The maximum Gasteiger partial charge on any atom is 0.225 e. The van der Waals surface area contributed by atoms with Gasteiger partial charge in [0.2, 0.25) is 11.8 Å². The summed E-state index contributed by atoms with van der Waals surface area (Å²) in [5, 5.41) is 0. The molecule has 0 unspecified atom stereocenters. The number of carbonyl (C=O) groups is 3. The van der Waals surface area contributed by atoms with E-state index in [2.05, 4.69) is 17.1 Å². The van der Waals surface area contributed by atoms with Crippen molar-refractivity contribution in [3.63, 3.8) is 0 Å². The molecule has 1 spiro atoms. The molecule has 4 atom stereocenters. The number of nitrogens with two attached hydrogens (primary N) is 2. The van der Waals surface area contributed by atoms with Gasteiger partial charge in [0.25, 0.3) is 0 Å². The molecular formula is C24H37N3O3. The highest BCUT2D eigenvalue weighted by Gasteiger charge is 2.81. The quantitative estimate of drug-likeness (QED) is 0.399. The summed E-state index contributed by atoms with van der Waals surface area (Å²) in [6.07, 6.45) is 12.8. The molecule has 2 amide bonds. The number of allylic oxidation sites excluding steroid dienone is 2. The largest absolute Gasteiger partial charge is 0.369 e. The SMILES string of the molecule is CC(=O)CCC[C@@]1(C(N)=O)[C@H]2C=C[C@H](C23CC3)[C@@]1(CCCCN1CCCC1)C(N)=O. The van der Waals surface area contributed by atoms with Gasteiger partial charge in [0, 0.05) is 6.42 Å². The van der Waals surface area contributed by atoms with E-state index in [1.54, 1.807) is 6.92 Å². The molecule has 6 heteroatoms.